The van der Waals surface area contributed by atoms with Crippen LogP contribution in [0, 0.1) is 12.8 Å². The minimum atomic E-state index is -0.0562. The number of aryl methyl sites for hydroxylation is 1. The normalized spacial score (nSPS) is 20.4. The maximum absolute atomic E-state index is 11.3. The lowest BCUT2D eigenvalue weighted by Crippen LogP contribution is -2.29. The lowest BCUT2D eigenvalue weighted by molar-refractivity contribution is 0.371. The van der Waals surface area contributed by atoms with Crippen LogP contribution in [0.4, 0.5) is 0 Å². The van der Waals surface area contributed by atoms with Gasteiger partial charge in [-0.3, -0.25) is 4.79 Å². The Labute approximate surface area is 106 Å². The van der Waals surface area contributed by atoms with E-state index >= 15 is 0 Å². The molecule has 1 aliphatic heterocycles. The zero-order valence-corrected chi connectivity index (χ0v) is 11.0. The van der Waals surface area contributed by atoms with E-state index in [9.17, 15) is 4.79 Å². The van der Waals surface area contributed by atoms with E-state index in [-0.39, 0.29) is 5.56 Å². The van der Waals surface area contributed by atoms with Crippen molar-refractivity contribution in [3.05, 3.63) is 22.1 Å². The van der Waals surface area contributed by atoms with Crippen LogP contribution in [0.1, 0.15) is 25.0 Å². The summed E-state index contributed by atoms with van der Waals surface area (Å²) in [6.07, 6.45) is 3.80. The molecule has 1 aromatic rings. The molecule has 4 nitrogen and oxygen atoms in total. The second-order valence-electron chi connectivity index (χ2n) is 4.54. The molecule has 94 valence electrons. The highest BCUT2D eigenvalue weighted by Crippen LogP contribution is 2.19. The van der Waals surface area contributed by atoms with Gasteiger partial charge < -0.3 is 10.3 Å². The molecule has 2 N–H and O–H groups in total. The maximum atomic E-state index is 11.3. The van der Waals surface area contributed by atoms with E-state index in [4.69, 9.17) is 0 Å². The first-order valence-electron chi connectivity index (χ1n) is 6.15. The number of aromatic amines is 1. The minimum Gasteiger partial charge on any atom is -0.316 e. The molecular weight excluding hydrogens is 234 g/mol. The summed E-state index contributed by atoms with van der Waals surface area (Å²) >= 11 is 1.65. The molecule has 2 heterocycles. The van der Waals surface area contributed by atoms with E-state index in [1.54, 1.807) is 11.8 Å². The standard InChI is InChI=1S/C12H19N3OS/c1-9-7-11(16)15-12(14-9)17-6-4-10-3-2-5-13-8-10/h7,10,13H,2-6,8H2,1H3,(H,14,15,16). The maximum Gasteiger partial charge on any atom is 0.251 e. The quantitative estimate of drug-likeness (QED) is 0.631. The van der Waals surface area contributed by atoms with Crippen molar-refractivity contribution in [1.29, 1.82) is 0 Å². The van der Waals surface area contributed by atoms with Gasteiger partial charge in [-0.05, 0) is 45.2 Å². The summed E-state index contributed by atoms with van der Waals surface area (Å²) in [5.74, 6) is 1.81. The molecule has 1 unspecified atom stereocenters. The molecule has 1 aliphatic rings. The lowest BCUT2D eigenvalue weighted by Gasteiger charge is -2.22. The Kier molecular flexibility index (Phi) is 4.62. The third kappa shape index (κ3) is 4.16. The van der Waals surface area contributed by atoms with Crippen LogP contribution in [0.3, 0.4) is 0 Å². The van der Waals surface area contributed by atoms with E-state index < -0.39 is 0 Å². The zero-order chi connectivity index (χ0) is 12.1. The van der Waals surface area contributed by atoms with Crippen LogP contribution in [0.2, 0.25) is 0 Å². The molecule has 1 atom stereocenters. The van der Waals surface area contributed by atoms with Gasteiger partial charge in [-0.2, -0.15) is 0 Å². The summed E-state index contributed by atoms with van der Waals surface area (Å²) in [5.41, 5.74) is 0.731. The Hall–Kier alpha value is -0.810. The Morgan fingerprint density at radius 2 is 2.47 bits per heavy atom. The van der Waals surface area contributed by atoms with Gasteiger partial charge in [0.2, 0.25) is 0 Å². The molecule has 17 heavy (non-hydrogen) atoms. The van der Waals surface area contributed by atoms with Gasteiger partial charge in [-0.25, -0.2) is 4.98 Å². The number of hydrogen-bond acceptors (Lipinski definition) is 4. The number of H-pyrrole nitrogens is 1. The van der Waals surface area contributed by atoms with Crippen LogP contribution < -0.4 is 10.9 Å². The zero-order valence-electron chi connectivity index (χ0n) is 10.2. The first-order valence-corrected chi connectivity index (χ1v) is 7.14. The number of nitrogens with zero attached hydrogens (tertiary/aromatic N) is 1. The average molecular weight is 253 g/mol. The van der Waals surface area contributed by atoms with Crippen molar-refractivity contribution < 1.29 is 0 Å². The van der Waals surface area contributed by atoms with Crippen molar-refractivity contribution in [3.63, 3.8) is 0 Å². The van der Waals surface area contributed by atoms with Crippen molar-refractivity contribution in [2.45, 2.75) is 31.3 Å². The van der Waals surface area contributed by atoms with Crippen molar-refractivity contribution >= 4 is 11.8 Å². The van der Waals surface area contributed by atoms with Gasteiger partial charge in [0.05, 0.1) is 0 Å². The average Bonchev–Trinajstić information content (AvgIpc) is 2.29. The number of aromatic nitrogens is 2. The predicted molar refractivity (Wildman–Crippen MR) is 70.5 cm³/mol. The summed E-state index contributed by atoms with van der Waals surface area (Å²) < 4.78 is 0. The number of nitrogens with one attached hydrogen (secondary N) is 2. The first-order chi connectivity index (χ1) is 8.24. The van der Waals surface area contributed by atoms with E-state index in [0.717, 1.165) is 35.6 Å². The van der Waals surface area contributed by atoms with Crippen molar-refractivity contribution in [2.75, 3.05) is 18.8 Å². The van der Waals surface area contributed by atoms with Gasteiger partial charge in [0.1, 0.15) is 0 Å². The lowest BCUT2D eigenvalue weighted by atomic mass is 9.97. The molecule has 0 spiro atoms. The molecule has 0 aromatic carbocycles. The molecule has 5 heteroatoms. The van der Waals surface area contributed by atoms with Gasteiger partial charge in [0.15, 0.2) is 5.16 Å². The van der Waals surface area contributed by atoms with Crippen LogP contribution in [-0.2, 0) is 0 Å². The van der Waals surface area contributed by atoms with Crippen LogP contribution in [0.15, 0.2) is 16.0 Å². The van der Waals surface area contributed by atoms with Gasteiger partial charge in [-0.1, -0.05) is 11.8 Å². The Morgan fingerprint density at radius 3 is 3.18 bits per heavy atom. The Balaban J connectivity index is 1.79. The van der Waals surface area contributed by atoms with Gasteiger partial charge in [0.25, 0.3) is 5.56 Å². The van der Waals surface area contributed by atoms with E-state index in [1.165, 1.54) is 25.3 Å². The molecule has 1 aromatic heterocycles. The van der Waals surface area contributed by atoms with Crippen LogP contribution in [0.5, 0.6) is 0 Å². The highest BCUT2D eigenvalue weighted by atomic mass is 32.2. The number of rotatable bonds is 4. The van der Waals surface area contributed by atoms with E-state index in [1.807, 2.05) is 6.92 Å². The minimum absolute atomic E-state index is 0.0562. The summed E-state index contributed by atoms with van der Waals surface area (Å²) in [4.78, 5) is 18.3. The van der Waals surface area contributed by atoms with Crippen molar-refractivity contribution in [3.8, 4) is 0 Å². The number of hydrogen-bond donors (Lipinski definition) is 2. The van der Waals surface area contributed by atoms with E-state index in [2.05, 4.69) is 15.3 Å². The molecular formula is C12H19N3OS. The fourth-order valence-corrected chi connectivity index (χ4v) is 3.14. The Bertz CT molecular complexity index is 412. The van der Waals surface area contributed by atoms with Crippen molar-refractivity contribution in [2.24, 2.45) is 5.92 Å². The summed E-state index contributed by atoms with van der Waals surface area (Å²) in [7, 11) is 0. The summed E-state index contributed by atoms with van der Waals surface area (Å²) in [5, 5.41) is 4.17. The topological polar surface area (TPSA) is 57.8 Å². The fourth-order valence-electron chi connectivity index (χ4n) is 2.11. The van der Waals surface area contributed by atoms with Gasteiger partial charge in [0, 0.05) is 17.5 Å². The summed E-state index contributed by atoms with van der Waals surface area (Å²) in [6.45, 7) is 4.15. The predicted octanol–water partition coefficient (Wildman–Crippen LogP) is 1.56. The molecule has 0 bridgehead atoms. The second-order valence-corrected chi connectivity index (χ2v) is 5.63. The van der Waals surface area contributed by atoms with Crippen molar-refractivity contribution in [1.82, 2.24) is 15.3 Å². The van der Waals surface area contributed by atoms with E-state index in [0.29, 0.717) is 0 Å². The third-order valence-electron chi connectivity index (χ3n) is 3.01. The molecule has 0 saturated carbocycles. The molecule has 2 rings (SSSR count). The highest BCUT2D eigenvalue weighted by molar-refractivity contribution is 7.99. The highest BCUT2D eigenvalue weighted by Gasteiger charge is 2.12. The molecule has 0 aliphatic carbocycles. The monoisotopic (exact) mass is 253 g/mol. The summed E-state index contributed by atoms with van der Waals surface area (Å²) in [6, 6.07) is 1.52. The smallest absolute Gasteiger partial charge is 0.251 e. The number of piperidine rings is 1. The molecule has 0 radical (unpaired) electrons. The van der Waals surface area contributed by atoms with Crippen LogP contribution in [-0.4, -0.2) is 28.8 Å². The molecule has 1 fully saturated rings. The SMILES string of the molecule is Cc1cc(=O)[nH]c(SCCC2CCCNC2)n1. The van der Waals surface area contributed by atoms with Gasteiger partial charge in [-0.15, -0.1) is 0 Å². The van der Waals surface area contributed by atoms with Gasteiger partial charge >= 0.3 is 0 Å². The molecule has 0 amide bonds. The van der Waals surface area contributed by atoms with Crippen LogP contribution in [0.25, 0.3) is 0 Å². The Morgan fingerprint density at radius 1 is 1.59 bits per heavy atom. The molecule has 1 saturated heterocycles. The largest absolute Gasteiger partial charge is 0.316 e. The fraction of sp³-hybridized carbons (Fsp3) is 0.667. The first kappa shape index (κ1) is 12.6. The van der Waals surface area contributed by atoms with Crippen LogP contribution >= 0.6 is 11.8 Å². The number of thioether (sulfide) groups is 1. The second kappa shape index (κ2) is 6.21. The third-order valence-corrected chi connectivity index (χ3v) is 3.92.